The van der Waals surface area contributed by atoms with Crippen molar-refractivity contribution in [2.24, 2.45) is 17.8 Å². The van der Waals surface area contributed by atoms with Gasteiger partial charge in [0.15, 0.2) is 0 Å². The minimum Gasteiger partial charge on any atom is -0.374 e. The van der Waals surface area contributed by atoms with Crippen LogP contribution in [0.3, 0.4) is 0 Å². The van der Waals surface area contributed by atoms with Gasteiger partial charge < -0.3 is 4.74 Å². The van der Waals surface area contributed by atoms with Crippen molar-refractivity contribution >= 4 is 6.08 Å². The fraction of sp³-hybridized carbons (Fsp3) is 0.667. The van der Waals surface area contributed by atoms with Gasteiger partial charge in [0.05, 0.1) is 12.7 Å². The van der Waals surface area contributed by atoms with E-state index in [1.807, 2.05) is 32.1 Å². The van der Waals surface area contributed by atoms with E-state index in [0.717, 1.165) is 41.9 Å². The van der Waals surface area contributed by atoms with Crippen molar-refractivity contribution in [3.63, 3.8) is 0 Å². The predicted molar refractivity (Wildman–Crippen MR) is 108 cm³/mol. The lowest BCUT2D eigenvalue weighted by Crippen LogP contribution is -2.31. The average Bonchev–Trinajstić information content (AvgIpc) is 2.67. The highest BCUT2D eigenvalue weighted by Crippen LogP contribution is 2.39. The molecule has 0 radical (unpaired) electrons. The van der Waals surface area contributed by atoms with E-state index in [-0.39, 0.29) is 11.9 Å². The van der Waals surface area contributed by atoms with Crippen LogP contribution in [0.2, 0.25) is 0 Å². The first kappa shape index (κ1) is 19.6. The second-order valence-corrected chi connectivity index (χ2v) is 8.55. The van der Waals surface area contributed by atoms with Crippen LogP contribution in [0.25, 0.3) is 6.08 Å². The molecule has 1 aliphatic heterocycles. The SMILES string of the molecule is CCCC1CCC(C2CCC(/C=C/c3ccc(C)c(C)c3F)OC2)CC1. The Bertz CT molecular complexity index is 605. The molecule has 1 aliphatic carbocycles. The summed E-state index contributed by atoms with van der Waals surface area (Å²) in [5, 5.41) is 0. The molecule has 1 heterocycles. The first-order valence-electron chi connectivity index (χ1n) is 10.6. The fourth-order valence-electron chi connectivity index (χ4n) is 4.81. The highest BCUT2D eigenvalue weighted by Gasteiger charge is 2.30. The molecule has 3 rings (SSSR count). The van der Waals surface area contributed by atoms with E-state index in [4.69, 9.17) is 4.74 Å². The summed E-state index contributed by atoms with van der Waals surface area (Å²) in [7, 11) is 0. The van der Waals surface area contributed by atoms with Gasteiger partial charge in [0.1, 0.15) is 5.82 Å². The Morgan fingerprint density at radius 1 is 1.04 bits per heavy atom. The zero-order valence-corrected chi connectivity index (χ0v) is 16.8. The third kappa shape index (κ3) is 4.76. The largest absolute Gasteiger partial charge is 0.374 e. The third-order valence-corrected chi connectivity index (χ3v) is 6.78. The Balaban J connectivity index is 1.48. The van der Waals surface area contributed by atoms with Gasteiger partial charge >= 0.3 is 0 Å². The summed E-state index contributed by atoms with van der Waals surface area (Å²) in [6, 6.07) is 3.86. The smallest absolute Gasteiger partial charge is 0.133 e. The summed E-state index contributed by atoms with van der Waals surface area (Å²) < 4.78 is 20.4. The molecular weight excluding hydrogens is 323 g/mol. The van der Waals surface area contributed by atoms with Crippen LogP contribution in [0.5, 0.6) is 0 Å². The van der Waals surface area contributed by atoms with E-state index in [0.29, 0.717) is 5.56 Å². The van der Waals surface area contributed by atoms with Crippen molar-refractivity contribution in [1.29, 1.82) is 0 Å². The zero-order chi connectivity index (χ0) is 18.5. The lowest BCUT2D eigenvalue weighted by Gasteiger charge is -2.37. The van der Waals surface area contributed by atoms with Crippen molar-refractivity contribution in [3.8, 4) is 0 Å². The minimum atomic E-state index is -0.0984. The third-order valence-electron chi connectivity index (χ3n) is 6.78. The summed E-state index contributed by atoms with van der Waals surface area (Å²) in [6.45, 7) is 6.98. The maximum Gasteiger partial charge on any atom is 0.133 e. The van der Waals surface area contributed by atoms with Crippen LogP contribution < -0.4 is 0 Å². The fourth-order valence-corrected chi connectivity index (χ4v) is 4.81. The van der Waals surface area contributed by atoms with Crippen LogP contribution in [0.15, 0.2) is 18.2 Å². The quantitative estimate of drug-likeness (QED) is 0.559. The Kier molecular flexibility index (Phi) is 6.92. The van der Waals surface area contributed by atoms with Gasteiger partial charge in [-0.3, -0.25) is 0 Å². The molecule has 26 heavy (non-hydrogen) atoms. The molecule has 2 heteroatoms. The molecule has 2 atom stereocenters. The number of ether oxygens (including phenoxy) is 1. The topological polar surface area (TPSA) is 9.23 Å². The molecule has 1 saturated carbocycles. The van der Waals surface area contributed by atoms with Gasteiger partial charge in [-0.05, 0) is 68.4 Å². The number of benzene rings is 1. The summed E-state index contributed by atoms with van der Waals surface area (Å²) in [5.41, 5.74) is 2.42. The lowest BCUT2D eigenvalue weighted by molar-refractivity contribution is -0.0164. The van der Waals surface area contributed by atoms with E-state index >= 15 is 0 Å². The molecule has 1 aromatic carbocycles. The van der Waals surface area contributed by atoms with Crippen molar-refractivity contribution in [2.75, 3.05) is 6.61 Å². The summed E-state index contributed by atoms with van der Waals surface area (Å²) in [5.74, 6) is 2.48. The molecule has 2 aliphatic rings. The second-order valence-electron chi connectivity index (χ2n) is 8.55. The van der Waals surface area contributed by atoms with Crippen molar-refractivity contribution in [1.82, 2.24) is 0 Å². The molecule has 1 saturated heterocycles. The summed E-state index contributed by atoms with van der Waals surface area (Å²) in [4.78, 5) is 0. The van der Waals surface area contributed by atoms with E-state index < -0.39 is 0 Å². The number of halogens is 1. The van der Waals surface area contributed by atoms with Gasteiger partial charge in [-0.15, -0.1) is 0 Å². The lowest BCUT2D eigenvalue weighted by atomic mass is 9.73. The molecule has 2 unspecified atom stereocenters. The molecule has 0 amide bonds. The number of aryl methyl sites for hydroxylation is 1. The number of hydrogen-bond donors (Lipinski definition) is 0. The Labute approximate surface area is 159 Å². The van der Waals surface area contributed by atoms with E-state index in [9.17, 15) is 4.39 Å². The molecule has 2 fully saturated rings. The first-order chi connectivity index (χ1) is 12.6. The van der Waals surface area contributed by atoms with Crippen LogP contribution in [0.1, 0.15) is 75.0 Å². The summed E-state index contributed by atoms with van der Waals surface area (Å²) >= 11 is 0. The molecule has 0 bridgehead atoms. The van der Waals surface area contributed by atoms with Gasteiger partial charge in [-0.2, -0.15) is 0 Å². The molecule has 0 spiro atoms. The number of rotatable bonds is 5. The second kappa shape index (κ2) is 9.17. The van der Waals surface area contributed by atoms with Crippen LogP contribution in [-0.4, -0.2) is 12.7 Å². The van der Waals surface area contributed by atoms with Gasteiger partial charge in [-0.1, -0.05) is 56.9 Å². The van der Waals surface area contributed by atoms with Gasteiger partial charge in [0.2, 0.25) is 0 Å². The van der Waals surface area contributed by atoms with Crippen LogP contribution in [0.4, 0.5) is 4.39 Å². The van der Waals surface area contributed by atoms with Crippen molar-refractivity contribution in [3.05, 3.63) is 40.7 Å². The van der Waals surface area contributed by atoms with Gasteiger partial charge in [0, 0.05) is 5.56 Å². The summed E-state index contributed by atoms with van der Waals surface area (Å²) in [6.07, 6.45) is 14.8. The highest BCUT2D eigenvalue weighted by atomic mass is 19.1. The van der Waals surface area contributed by atoms with Crippen LogP contribution in [-0.2, 0) is 4.74 Å². The van der Waals surface area contributed by atoms with E-state index in [2.05, 4.69) is 13.0 Å². The normalized spacial score (nSPS) is 30.0. The number of hydrogen-bond acceptors (Lipinski definition) is 1. The Morgan fingerprint density at radius 3 is 2.42 bits per heavy atom. The van der Waals surface area contributed by atoms with Crippen molar-refractivity contribution < 1.29 is 9.13 Å². The Hall–Kier alpha value is -1.15. The molecule has 1 aromatic rings. The minimum absolute atomic E-state index is 0.0984. The average molecular weight is 359 g/mol. The molecule has 0 N–H and O–H groups in total. The van der Waals surface area contributed by atoms with E-state index in [1.54, 1.807) is 0 Å². The molecule has 0 aromatic heterocycles. The first-order valence-corrected chi connectivity index (χ1v) is 10.6. The zero-order valence-electron chi connectivity index (χ0n) is 16.8. The monoisotopic (exact) mass is 358 g/mol. The van der Waals surface area contributed by atoms with Gasteiger partial charge in [-0.25, -0.2) is 4.39 Å². The van der Waals surface area contributed by atoms with Crippen LogP contribution in [0, 0.1) is 37.4 Å². The molecule has 144 valence electrons. The van der Waals surface area contributed by atoms with Crippen LogP contribution >= 0.6 is 0 Å². The molecule has 1 nitrogen and oxygen atoms in total. The van der Waals surface area contributed by atoms with Gasteiger partial charge in [0.25, 0.3) is 0 Å². The predicted octanol–water partition coefficient (Wildman–Crippen LogP) is 6.86. The maximum absolute atomic E-state index is 14.3. The van der Waals surface area contributed by atoms with Crippen molar-refractivity contribution in [2.45, 2.75) is 78.2 Å². The standard InChI is InChI=1S/C24H35FO/c1-4-5-19-7-10-20(11-8-19)22-13-15-23(26-16-22)14-12-21-9-6-17(2)18(3)24(21)25/h6,9,12,14,19-20,22-23H,4-5,7-8,10-11,13,15-16H2,1-3H3/b14-12+. The molecular formula is C24H35FO. The highest BCUT2D eigenvalue weighted by molar-refractivity contribution is 5.53. The Morgan fingerprint density at radius 2 is 1.77 bits per heavy atom. The van der Waals surface area contributed by atoms with E-state index in [1.165, 1.54) is 44.9 Å². The maximum atomic E-state index is 14.3.